The number of esters is 1. The van der Waals surface area contributed by atoms with Gasteiger partial charge in [-0.3, -0.25) is 9.69 Å². The lowest BCUT2D eigenvalue weighted by Crippen LogP contribution is -2.51. The normalized spacial score (nSPS) is 19.5. The Bertz CT molecular complexity index is 1200. The number of carbonyl (C=O) groups excluding carboxylic acids is 2. The number of hydrogen-bond acceptors (Lipinski definition) is 5. The molecule has 0 radical (unpaired) electrons. The molecule has 2 saturated heterocycles. The molecule has 0 aromatic heterocycles. The van der Waals surface area contributed by atoms with Gasteiger partial charge in [-0.15, -0.1) is 0 Å². The number of carbonyl (C=O) groups is 2. The highest BCUT2D eigenvalue weighted by Crippen LogP contribution is 2.47. The van der Waals surface area contributed by atoms with E-state index in [1.54, 1.807) is 0 Å². The zero-order valence-corrected chi connectivity index (χ0v) is 23.3. The van der Waals surface area contributed by atoms with E-state index in [2.05, 4.69) is 18.7 Å². The SMILES string of the molecule is CC(C)COc1ccccc1CN1CCC2(CC1)CCN(C(=O)c1cccc(Cl)c1Cl)C2OC(=O)C(F)(F)F. The zero-order chi connectivity index (χ0) is 28.4. The van der Waals surface area contributed by atoms with Crippen molar-refractivity contribution in [3.8, 4) is 5.75 Å². The molecule has 0 bridgehead atoms. The van der Waals surface area contributed by atoms with Crippen LogP contribution in [0.2, 0.25) is 10.0 Å². The summed E-state index contributed by atoms with van der Waals surface area (Å²) < 4.78 is 50.8. The summed E-state index contributed by atoms with van der Waals surface area (Å²) in [4.78, 5) is 28.8. The Morgan fingerprint density at radius 3 is 2.36 bits per heavy atom. The number of amides is 1. The van der Waals surface area contributed by atoms with Crippen LogP contribution in [0, 0.1) is 11.3 Å². The van der Waals surface area contributed by atoms with Crippen molar-refractivity contribution in [1.29, 1.82) is 0 Å². The monoisotopic (exact) mass is 586 g/mol. The van der Waals surface area contributed by atoms with E-state index in [-0.39, 0.29) is 22.2 Å². The van der Waals surface area contributed by atoms with Crippen LogP contribution in [-0.4, -0.2) is 60.3 Å². The van der Waals surface area contributed by atoms with Crippen LogP contribution >= 0.6 is 23.2 Å². The molecule has 212 valence electrons. The quantitative estimate of drug-likeness (QED) is 0.343. The summed E-state index contributed by atoms with van der Waals surface area (Å²) in [6, 6.07) is 12.3. The number of piperidine rings is 1. The van der Waals surface area contributed by atoms with Crippen molar-refractivity contribution in [2.45, 2.75) is 52.1 Å². The molecular formula is C28H31Cl2F3N2O4. The minimum absolute atomic E-state index is 0.000755. The van der Waals surface area contributed by atoms with E-state index in [4.69, 9.17) is 32.7 Å². The predicted octanol–water partition coefficient (Wildman–Crippen LogP) is 6.59. The molecule has 2 aliphatic heterocycles. The first-order chi connectivity index (χ1) is 18.4. The average molecular weight is 587 g/mol. The second-order valence-corrected chi connectivity index (χ2v) is 11.3. The van der Waals surface area contributed by atoms with Crippen molar-refractivity contribution in [2.75, 3.05) is 26.2 Å². The van der Waals surface area contributed by atoms with Crippen LogP contribution in [0.4, 0.5) is 13.2 Å². The standard InChI is InChI=1S/C28H31Cl2F3N2O4/c1-18(2)17-38-22-9-4-3-6-19(22)16-34-13-10-27(11-14-34)12-15-35(25(27)39-26(37)28(31,32)33)24(36)20-7-5-8-21(29)23(20)30/h3-9,18,25H,10-17H2,1-2H3. The summed E-state index contributed by atoms with van der Waals surface area (Å²) in [7, 11) is 0. The highest BCUT2D eigenvalue weighted by atomic mass is 35.5. The summed E-state index contributed by atoms with van der Waals surface area (Å²) in [6.07, 6.45) is -5.27. The molecule has 4 rings (SSSR count). The molecule has 1 spiro atoms. The van der Waals surface area contributed by atoms with Gasteiger partial charge in [0, 0.05) is 24.1 Å². The molecule has 6 nitrogen and oxygen atoms in total. The van der Waals surface area contributed by atoms with E-state index < -0.39 is 29.7 Å². The number of para-hydroxylation sites is 1. The number of ether oxygens (including phenoxy) is 2. The lowest BCUT2D eigenvalue weighted by atomic mass is 9.76. The maximum Gasteiger partial charge on any atom is 0.491 e. The zero-order valence-electron chi connectivity index (χ0n) is 21.8. The Kier molecular flexibility index (Phi) is 9.03. The largest absolute Gasteiger partial charge is 0.493 e. The van der Waals surface area contributed by atoms with E-state index in [0.29, 0.717) is 51.4 Å². The Morgan fingerprint density at radius 2 is 1.69 bits per heavy atom. The number of hydrogen-bond donors (Lipinski definition) is 0. The minimum Gasteiger partial charge on any atom is -0.493 e. The number of rotatable bonds is 7. The first kappa shape index (κ1) is 29.5. The summed E-state index contributed by atoms with van der Waals surface area (Å²) in [5, 5.41) is 0.144. The average Bonchev–Trinajstić information content (AvgIpc) is 3.22. The van der Waals surface area contributed by atoms with Gasteiger partial charge >= 0.3 is 12.1 Å². The third-order valence-electron chi connectivity index (χ3n) is 7.34. The molecule has 2 aromatic carbocycles. The second-order valence-electron chi connectivity index (χ2n) is 10.6. The Morgan fingerprint density at radius 1 is 1.03 bits per heavy atom. The van der Waals surface area contributed by atoms with Gasteiger partial charge in [-0.1, -0.05) is 61.3 Å². The van der Waals surface area contributed by atoms with Gasteiger partial charge < -0.3 is 14.4 Å². The molecule has 1 atom stereocenters. The number of nitrogens with zero attached hydrogens (tertiary/aromatic N) is 2. The fourth-order valence-electron chi connectivity index (χ4n) is 5.23. The number of benzene rings is 2. The summed E-state index contributed by atoms with van der Waals surface area (Å²) in [5.74, 6) is -1.76. The van der Waals surface area contributed by atoms with Crippen molar-refractivity contribution in [3.63, 3.8) is 0 Å². The third-order valence-corrected chi connectivity index (χ3v) is 8.16. The van der Waals surface area contributed by atoms with E-state index in [0.717, 1.165) is 11.3 Å². The Labute approximate surface area is 235 Å². The van der Waals surface area contributed by atoms with Crippen LogP contribution in [0.15, 0.2) is 42.5 Å². The van der Waals surface area contributed by atoms with Crippen molar-refractivity contribution in [2.24, 2.45) is 11.3 Å². The van der Waals surface area contributed by atoms with Gasteiger partial charge in [-0.2, -0.15) is 13.2 Å². The number of alkyl halides is 3. The van der Waals surface area contributed by atoms with Crippen molar-refractivity contribution >= 4 is 35.1 Å². The topological polar surface area (TPSA) is 59.1 Å². The van der Waals surface area contributed by atoms with Gasteiger partial charge in [0.1, 0.15) is 5.75 Å². The van der Waals surface area contributed by atoms with Crippen molar-refractivity contribution < 1.29 is 32.2 Å². The maximum absolute atomic E-state index is 13.4. The molecule has 0 aliphatic carbocycles. The summed E-state index contributed by atoms with van der Waals surface area (Å²) in [6.45, 7) is 6.58. The second kappa shape index (κ2) is 11.9. The maximum atomic E-state index is 13.4. The molecule has 39 heavy (non-hydrogen) atoms. The van der Waals surface area contributed by atoms with Crippen LogP contribution in [0.1, 0.15) is 49.0 Å². The fourth-order valence-corrected chi connectivity index (χ4v) is 5.61. The molecule has 1 unspecified atom stereocenters. The Hall–Kier alpha value is -2.49. The number of likely N-dealkylation sites (tertiary alicyclic amines) is 2. The summed E-state index contributed by atoms with van der Waals surface area (Å²) in [5.41, 5.74) is 0.254. The van der Waals surface area contributed by atoms with Crippen LogP contribution < -0.4 is 4.74 Å². The van der Waals surface area contributed by atoms with Gasteiger partial charge in [-0.05, 0) is 56.5 Å². The highest BCUT2D eigenvalue weighted by Gasteiger charge is 2.55. The molecule has 11 heteroatoms. The van der Waals surface area contributed by atoms with Gasteiger partial charge in [-0.25, -0.2) is 4.79 Å². The first-order valence-electron chi connectivity index (χ1n) is 12.9. The predicted molar refractivity (Wildman–Crippen MR) is 142 cm³/mol. The third kappa shape index (κ3) is 6.64. The van der Waals surface area contributed by atoms with Crippen LogP contribution in [0.3, 0.4) is 0 Å². The molecule has 2 fully saturated rings. The fraction of sp³-hybridized carbons (Fsp3) is 0.500. The highest BCUT2D eigenvalue weighted by molar-refractivity contribution is 6.43. The van der Waals surface area contributed by atoms with Gasteiger partial charge in [0.05, 0.1) is 22.2 Å². The molecule has 2 aliphatic rings. The molecule has 2 heterocycles. The smallest absolute Gasteiger partial charge is 0.491 e. The van der Waals surface area contributed by atoms with Crippen molar-refractivity contribution in [1.82, 2.24) is 9.80 Å². The minimum atomic E-state index is -5.19. The van der Waals surface area contributed by atoms with Crippen LogP contribution in [0.25, 0.3) is 0 Å². The first-order valence-corrected chi connectivity index (χ1v) is 13.6. The van der Waals surface area contributed by atoms with Gasteiger partial charge in [0.2, 0.25) is 0 Å². The van der Waals surface area contributed by atoms with Crippen molar-refractivity contribution in [3.05, 3.63) is 63.6 Å². The molecule has 1 amide bonds. The summed E-state index contributed by atoms with van der Waals surface area (Å²) >= 11 is 12.3. The van der Waals surface area contributed by atoms with E-state index >= 15 is 0 Å². The van der Waals surface area contributed by atoms with E-state index in [1.165, 1.54) is 23.1 Å². The van der Waals surface area contributed by atoms with Crippen LogP contribution in [-0.2, 0) is 16.1 Å². The van der Waals surface area contributed by atoms with Gasteiger partial charge in [0.25, 0.3) is 5.91 Å². The van der Waals surface area contributed by atoms with Crippen LogP contribution in [0.5, 0.6) is 5.75 Å². The van der Waals surface area contributed by atoms with E-state index in [1.807, 2.05) is 24.3 Å². The molecule has 0 saturated carbocycles. The van der Waals surface area contributed by atoms with Gasteiger partial charge in [0.15, 0.2) is 6.23 Å². The molecule has 2 aromatic rings. The lowest BCUT2D eigenvalue weighted by molar-refractivity contribution is -0.217. The molecular weight excluding hydrogens is 556 g/mol. The number of halogens is 5. The van der Waals surface area contributed by atoms with E-state index in [9.17, 15) is 22.8 Å². The lowest BCUT2D eigenvalue weighted by Gasteiger charge is -2.43. The molecule has 0 N–H and O–H groups in total. The Balaban J connectivity index is 1.52.